The number of benzene rings is 2. The van der Waals surface area contributed by atoms with E-state index in [1.807, 2.05) is 49.4 Å². The molecule has 106 valence electrons. The van der Waals surface area contributed by atoms with E-state index in [9.17, 15) is 0 Å². The fraction of sp³-hybridized carbons (Fsp3) is 0.125. The van der Waals surface area contributed by atoms with E-state index < -0.39 is 0 Å². The van der Waals surface area contributed by atoms with E-state index in [0.29, 0.717) is 23.0 Å². The molecule has 0 atom stereocenters. The van der Waals surface area contributed by atoms with Crippen molar-refractivity contribution in [3.8, 4) is 17.5 Å². The summed E-state index contributed by atoms with van der Waals surface area (Å²) < 4.78 is 10.6. The average Bonchev–Trinajstić information content (AvgIpc) is 2.96. The van der Waals surface area contributed by atoms with E-state index in [1.165, 1.54) is 5.56 Å². The lowest BCUT2D eigenvalue weighted by Crippen LogP contribution is -1.95. The highest BCUT2D eigenvalue weighted by Crippen LogP contribution is 2.26. The highest BCUT2D eigenvalue weighted by Gasteiger charge is 2.12. The van der Waals surface area contributed by atoms with Crippen LogP contribution in [0.15, 0.2) is 53.1 Å². The number of ether oxygens (including phenoxy) is 1. The molecule has 3 aromatic rings. The van der Waals surface area contributed by atoms with Crippen molar-refractivity contribution in [1.82, 2.24) is 10.1 Å². The summed E-state index contributed by atoms with van der Waals surface area (Å²) in [4.78, 5) is 4.19. The first-order chi connectivity index (χ1) is 10.2. The number of nitrogens with zero attached hydrogens (tertiary/aromatic N) is 2. The van der Waals surface area contributed by atoms with Gasteiger partial charge in [0.25, 0.3) is 0 Å². The van der Waals surface area contributed by atoms with Crippen LogP contribution in [0.2, 0.25) is 5.02 Å². The summed E-state index contributed by atoms with van der Waals surface area (Å²) in [6.45, 7) is 2.42. The molecule has 0 fully saturated rings. The molecule has 1 aromatic heterocycles. The molecule has 21 heavy (non-hydrogen) atoms. The highest BCUT2D eigenvalue weighted by atomic mass is 35.5. The maximum Gasteiger partial charge on any atom is 0.417 e. The molecule has 0 unspecified atom stereocenters. The molecule has 0 radical (unpaired) electrons. The van der Waals surface area contributed by atoms with Gasteiger partial charge in [0.1, 0.15) is 6.61 Å². The van der Waals surface area contributed by atoms with Gasteiger partial charge in [0.15, 0.2) is 0 Å². The molecule has 0 aliphatic rings. The standard InChI is InChI=1S/C16H13ClN2O2/c1-11-6-8-12(9-7-11)10-20-16-18-15(19-21-16)13-4-2-3-5-14(13)17/h2-9H,10H2,1H3. The minimum Gasteiger partial charge on any atom is -0.444 e. The Balaban J connectivity index is 1.71. The first-order valence-corrected chi connectivity index (χ1v) is 6.87. The second-order valence-electron chi connectivity index (χ2n) is 4.64. The van der Waals surface area contributed by atoms with Gasteiger partial charge in [-0.2, -0.15) is 4.98 Å². The van der Waals surface area contributed by atoms with Crippen molar-refractivity contribution in [1.29, 1.82) is 0 Å². The summed E-state index contributed by atoms with van der Waals surface area (Å²) in [6.07, 6.45) is 0.130. The summed E-state index contributed by atoms with van der Waals surface area (Å²) in [7, 11) is 0. The number of hydrogen-bond acceptors (Lipinski definition) is 4. The van der Waals surface area contributed by atoms with E-state index >= 15 is 0 Å². The molecule has 0 bridgehead atoms. The number of aryl methyl sites for hydroxylation is 1. The topological polar surface area (TPSA) is 48.2 Å². The van der Waals surface area contributed by atoms with Crippen LogP contribution in [0.4, 0.5) is 0 Å². The van der Waals surface area contributed by atoms with E-state index in [2.05, 4.69) is 10.1 Å². The van der Waals surface area contributed by atoms with E-state index in [1.54, 1.807) is 6.07 Å². The second kappa shape index (κ2) is 5.97. The Hall–Kier alpha value is -2.33. The first-order valence-electron chi connectivity index (χ1n) is 6.49. The third-order valence-corrected chi connectivity index (χ3v) is 3.33. The van der Waals surface area contributed by atoms with Crippen molar-refractivity contribution in [2.45, 2.75) is 13.5 Å². The Labute approximate surface area is 127 Å². The lowest BCUT2D eigenvalue weighted by Gasteiger charge is -2.01. The normalized spacial score (nSPS) is 10.6. The molecule has 5 heteroatoms. The minimum atomic E-state index is 0.130. The summed E-state index contributed by atoms with van der Waals surface area (Å²) in [5, 5.41) is 4.45. The van der Waals surface area contributed by atoms with Gasteiger partial charge in [-0.15, -0.1) is 0 Å². The quantitative estimate of drug-likeness (QED) is 0.721. The van der Waals surface area contributed by atoms with Crippen LogP contribution in [-0.2, 0) is 6.61 Å². The van der Waals surface area contributed by atoms with Crippen molar-refractivity contribution in [3.63, 3.8) is 0 Å². The lowest BCUT2D eigenvalue weighted by atomic mass is 10.2. The third-order valence-electron chi connectivity index (χ3n) is 3.01. The monoisotopic (exact) mass is 300 g/mol. The van der Waals surface area contributed by atoms with Crippen LogP contribution >= 0.6 is 11.6 Å². The van der Waals surface area contributed by atoms with Crippen molar-refractivity contribution < 1.29 is 9.26 Å². The van der Waals surface area contributed by atoms with Crippen molar-refractivity contribution in [2.75, 3.05) is 0 Å². The van der Waals surface area contributed by atoms with Crippen LogP contribution in [0.3, 0.4) is 0 Å². The van der Waals surface area contributed by atoms with Crippen LogP contribution in [-0.4, -0.2) is 10.1 Å². The number of hydrogen-bond donors (Lipinski definition) is 0. The van der Waals surface area contributed by atoms with E-state index in [-0.39, 0.29) is 6.08 Å². The molecule has 3 rings (SSSR count). The Kier molecular flexibility index (Phi) is 3.88. The van der Waals surface area contributed by atoms with Gasteiger partial charge in [-0.25, -0.2) is 0 Å². The molecule has 0 N–H and O–H groups in total. The van der Waals surface area contributed by atoms with Gasteiger partial charge in [0, 0.05) is 5.56 Å². The van der Waals surface area contributed by atoms with Gasteiger partial charge in [-0.3, -0.25) is 4.52 Å². The van der Waals surface area contributed by atoms with Crippen LogP contribution in [0.5, 0.6) is 6.08 Å². The zero-order chi connectivity index (χ0) is 14.7. The van der Waals surface area contributed by atoms with Gasteiger partial charge in [-0.1, -0.05) is 58.7 Å². The van der Waals surface area contributed by atoms with Gasteiger partial charge in [0.2, 0.25) is 5.82 Å². The van der Waals surface area contributed by atoms with Crippen molar-refractivity contribution in [2.24, 2.45) is 0 Å². The maximum absolute atomic E-state index is 6.09. The fourth-order valence-electron chi connectivity index (χ4n) is 1.85. The molecule has 0 spiro atoms. The van der Waals surface area contributed by atoms with Gasteiger partial charge in [-0.05, 0) is 24.6 Å². The number of halogens is 1. The van der Waals surface area contributed by atoms with Crippen LogP contribution < -0.4 is 4.74 Å². The first kappa shape index (κ1) is 13.6. The molecule has 0 saturated heterocycles. The van der Waals surface area contributed by atoms with Crippen LogP contribution in [0.1, 0.15) is 11.1 Å². The Morgan fingerprint density at radius 1 is 1.10 bits per heavy atom. The van der Waals surface area contributed by atoms with Gasteiger partial charge < -0.3 is 4.74 Å². The van der Waals surface area contributed by atoms with Crippen molar-refractivity contribution >= 4 is 11.6 Å². The summed E-state index contributed by atoms with van der Waals surface area (Å²) in [5.74, 6) is 0.416. The molecule has 2 aromatic carbocycles. The number of rotatable bonds is 4. The summed E-state index contributed by atoms with van der Waals surface area (Å²) in [5.41, 5.74) is 2.96. The SMILES string of the molecule is Cc1ccc(COc2nc(-c3ccccc3Cl)no2)cc1. The smallest absolute Gasteiger partial charge is 0.417 e. The zero-order valence-corrected chi connectivity index (χ0v) is 12.2. The average molecular weight is 301 g/mol. The van der Waals surface area contributed by atoms with E-state index in [4.69, 9.17) is 20.9 Å². The largest absolute Gasteiger partial charge is 0.444 e. The maximum atomic E-state index is 6.09. The minimum absolute atomic E-state index is 0.130. The molecular weight excluding hydrogens is 288 g/mol. The zero-order valence-electron chi connectivity index (χ0n) is 11.4. The molecule has 0 aliphatic carbocycles. The fourth-order valence-corrected chi connectivity index (χ4v) is 2.07. The van der Waals surface area contributed by atoms with Crippen LogP contribution in [0.25, 0.3) is 11.4 Å². The Morgan fingerprint density at radius 2 is 1.86 bits per heavy atom. The lowest BCUT2D eigenvalue weighted by molar-refractivity contribution is 0.195. The Bertz CT molecular complexity index is 738. The number of aromatic nitrogens is 2. The molecular formula is C16H13ClN2O2. The molecule has 0 aliphatic heterocycles. The van der Waals surface area contributed by atoms with Crippen LogP contribution in [0, 0.1) is 6.92 Å². The van der Waals surface area contributed by atoms with E-state index in [0.717, 1.165) is 5.56 Å². The predicted molar refractivity (Wildman–Crippen MR) is 80.3 cm³/mol. The Morgan fingerprint density at radius 3 is 2.62 bits per heavy atom. The summed E-state index contributed by atoms with van der Waals surface area (Å²) >= 11 is 6.09. The third kappa shape index (κ3) is 3.23. The van der Waals surface area contributed by atoms with Crippen molar-refractivity contribution in [3.05, 3.63) is 64.7 Å². The highest BCUT2D eigenvalue weighted by molar-refractivity contribution is 6.33. The summed E-state index contributed by atoms with van der Waals surface area (Å²) in [6, 6.07) is 15.4. The molecule has 0 amide bonds. The predicted octanol–water partition coefficient (Wildman–Crippen LogP) is 4.28. The molecule has 1 heterocycles. The second-order valence-corrected chi connectivity index (χ2v) is 5.05. The van der Waals surface area contributed by atoms with Gasteiger partial charge in [0.05, 0.1) is 5.02 Å². The molecule has 4 nitrogen and oxygen atoms in total. The molecule has 0 saturated carbocycles. The van der Waals surface area contributed by atoms with Gasteiger partial charge >= 0.3 is 6.08 Å².